The number of methoxy groups -OCH3 is 2. The lowest BCUT2D eigenvalue weighted by atomic mass is 10.3. The van der Waals surface area contributed by atoms with Gasteiger partial charge in [-0.15, -0.1) is 10.2 Å². The van der Waals surface area contributed by atoms with Gasteiger partial charge in [0, 0.05) is 0 Å². The van der Waals surface area contributed by atoms with Crippen molar-refractivity contribution in [2.24, 2.45) is 0 Å². The molecular formula is C15H13BrN2O5. The standard InChI is InChI=1S/C15H13BrN2O5/c1-19-9-4-3-5-10(20-2)14(9)21-8-13-17-18-15(23-13)11-6-7-12(16)22-11/h3-7H,8H2,1-2H3. The lowest BCUT2D eigenvalue weighted by molar-refractivity contribution is 0.238. The molecule has 0 amide bonds. The number of hydrogen-bond donors (Lipinski definition) is 0. The lowest BCUT2D eigenvalue weighted by Gasteiger charge is -2.12. The molecule has 0 aliphatic rings. The van der Waals surface area contributed by atoms with Gasteiger partial charge in [-0.2, -0.15) is 0 Å². The summed E-state index contributed by atoms with van der Waals surface area (Å²) in [5.41, 5.74) is 0. The Morgan fingerprint density at radius 3 is 2.35 bits per heavy atom. The zero-order valence-corrected chi connectivity index (χ0v) is 14.0. The van der Waals surface area contributed by atoms with Crippen LogP contribution in [0, 0.1) is 0 Å². The molecule has 0 saturated heterocycles. The molecule has 23 heavy (non-hydrogen) atoms. The van der Waals surface area contributed by atoms with Crippen LogP contribution in [0.4, 0.5) is 0 Å². The van der Waals surface area contributed by atoms with E-state index in [1.165, 1.54) is 0 Å². The van der Waals surface area contributed by atoms with Crippen molar-refractivity contribution in [2.75, 3.05) is 14.2 Å². The first-order chi connectivity index (χ1) is 11.2. The first kappa shape index (κ1) is 15.4. The van der Waals surface area contributed by atoms with Gasteiger partial charge in [0.1, 0.15) is 0 Å². The summed E-state index contributed by atoms with van der Waals surface area (Å²) in [5, 5.41) is 7.85. The fourth-order valence-electron chi connectivity index (χ4n) is 1.93. The van der Waals surface area contributed by atoms with Crippen molar-refractivity contribution in [1.82, 2.24) is 10.2 Å². The van der Waals surface area contributed by atoms with E-state index in [1.807, 2.05) is 6.07 Å². The second-order valence-electron chi connectivity index (χ2n) is 4.39. The molecule has 0 unspecified atom stereocenters. The zero-order valence-electron chi connectivity index (χ0n) is 12.4. The lowest BCUT2D eigenvalue weighted by Crippen LogP contribution is -2.00. The highest BCUT2D eigenvalue weighted by Gasteiger charge is 2.15. The molecule has 0 fully saturated rings. The molecular weight excluding hydrogens is 368 g/mol. The van der Waals surface area contributed by atoms with E-state index in [-0.39, 0.29) is 12.5 Å². The average molecular weight is 381 g/mol. The van der Waals surface area contributed by atoms with E-state index in [9.17, 15) is 0 Å². The van der Waals surface area contributed by atoms with Gasteiger partial charge >= 0.3 is 0 Å². The maximum atomic E-state index is 5.70. The van der Waals surface area contributed by atoms with Gasteiger partial charge in [0.2, 0.25) is 5.75 Å². The second-order valence-corrected chi connectivity index (χ2v) is 5.17. The van der Waals surface area contributed by atoms with Crippen LogP contribution in [-0.4, -0.2) is 24.4 Å². The van der Waals surface area contributed by atoms with Gasteiger partial charge in [-0.3, -0.25) is 0 Å². The average Bonchev–Trinajstić information content (AvgIpc) is 3.21. The van der Waals surface area contributed by atoms with E-state index in [2.05, 4.69) is 26.1 Å². The molecule has 0 aliphatic carbocycles. The van der Waals surface area contributed by atoms with Crippen LogP contribution < -0.4 is 14.2 Å². The van der Waals surface area contributed by atoms with Gasteiger partial charge in [-0.25, -0.2) is 0 Å². The summed E-state index contributed by atoms with van der Waals surface area (Å²) in [7, 11) is 3.11. The van der Waals surface area contributed by atoms with Crippen molar-refractivity contribution in [1.29, 1.82) is 0 Å². The van der Waals surface area contributed by atoms with E-state index in [0.717, 1.165) is 0 Å². The number of ether oxygens (including phenoxy) is 3. The Balaban J connectivity index is 1.76. The maximum Gasteiger partial charge on any atom is 0.283 e. The summed E-state index contributed by atoms with van der Waals surface area (Å²) in [5.74, 6) is 2.64. The van der Waals surface area contributed by atoms with Crippen LogP contribution in [0.3, 0.4) is 0 Å². The van der Waals surface area contributed by atoms with Crippen molar-refractivity contribution in [3.8, 4) is 28.9 Å². The van der Waals surface area contributed by atoms with E-state index in [0.29, 0.717) is 33.6 Å². The van der Waals surface area contributed by atoms with E-state index < -0.39 is 0 Å². The third-order valence-corrected chi connectivity index (χ3v) is 3.40. The number of nitrogens with zero attached hydrogens (tertiary/aromatic N) is 2. The molecule has 0 spiro atoms. The number of benzene rings is 1. The molecule has 0 bridgehead atoms. The topological polar surface area (TPSA) is 79.8 Å². The molecule has 2 aromatic heterocycles. The molecule has 2 heterocycles. The van der Waals surface area contributed by atoms with Gasteiger partial charge in [-0.05, 0) is 40.2 Å². The van der Waals surface area contributed by atoms with Crippen LogP contribution in [0.15, 0.2) is 43.8 Å². The fourth-order valence-corrected chi connectivity index (χ4v) is 2.24. The number of halogens is 1. The largest absolute Gasteiger partial charge is 0.493 e. The Labute approximate surface area is 140 Å². The molecule has 3 aromatic rings. The molecule has 1 aromatic carbocycles. The van der Waals surface area contributed by atoms with Crippen molar-refractivity contribution < 1.29 is 23.0 Å². The Morgan fingerprint density at radius 1 is 1.00 bits per heavy atom. The van der Waals surface area contributed by atoms with Crippen LogP contribution in [0.5, 0.6) is 17.2 Å². The Morgan fingerprint density at radius 2 is 1.74 bits per heavy atom. The van der Waals surface area contributed by atoms with Crippen LogP contribution >= 0.6 is 15.9 Å². The summed E-state index contributed by atoms with van der Waals surface area (Å²) in [6.07, 6.45) is 0. The van der Waals surface area contributed by atoms with Crippen LogP contribution in [-0.2, 0) is 6.61 Å². The molecule has 8 heteroatoms. The minimum absolute atomic E-state index is 0.0750. The van der Waals surface area contributed by atoms with Crippen molar-refractivity contribution in [3.05, 3.63) is 40.9 Å². The van der Waals surface area contributed by atoms with Crippen LogP contribution in [0.25, 0.3) is 11.7 Å². The third kappa shape index (κ3) is 3.31. The summed E-state index contributed by atoms with van der Waals surface area (Å²) in [4.78, 5) is 0. The normalized spacial score (nSPS) is 10.6. The first-order valence-corrected chi connectivity index (χ1v) is 7.42. The van der Waals surface area contributed by atoms with Gasteiger partial charge in [0.15, 0.2) is 28.5 Å². The fraction of sp³-hybridized carbons (Fsp3) is 0.200. The third-order valence-electron chi connectivity index (χ3n) is 2.97. The smallest absolute Gasteiger partial charge is 0.283 e. The molecule has 0 radical (unpaired) electrons. The molecule has 3 rings (SSSR count). The number of aromatic nitrogens is 2. The first-order valence-electron chi connectivity index (χ1n) is 6.63. The summed E-state index contributed by atoms with van der Waals surface area (Å²) >= 11 is 3.22. The Hall–Kier alpha value is -2.48. The second kappa shape index (κ2) is 6.74. The Kier molecular flexibility index (Phi) is 4.52. The summed E-state index contributed by atoms with van der Waals surface area (Å²) in [6.45, 7) is 0.0750. The molecule has 0 N–H and O–H groups in total. The minimum atomic E-state index is 0.0750. The van der Waals surface area contributed by atoms with Crippen LogP contribution in [0.1, 0.15) is 5.89 Å². The highest BCUT2D eigenvalue weighted by molar-refractivity contribution is 9.10. The number of para-hydroxylation sites is 1. The zero-order chi connectivity index (χ0) is 16.2. The predicted octanol–water partition coefficient (Wildman–Crippen LogP) is 3.69. The van der Waals surface area contributed by atoms with Crippen LogP contribution in [0.2, 0.25) is 0 Å². The van der Waals surface area contributed by atoms with Crippen molar-refractivity contribution in [2.45, 2.75) is 6.61 Å². The Bertz CT molecular complexity index is 777. The highest BCUT2D eigenvalue weighted by Crippen LogP contribution is 2.37. The van der Waals surface area contributed by atoms with Gasteiger partial charge < -0.3 is 23.0 Å². The number of furan rings is 1. The minimum Gasteiger partial charge on any atom is -0.493 e. The molecule has 0 aliphatic heterocycles. The number of rotatable bonds is 6. The SMILES string of the molecule is COc1cccc(OC)c1OCc1nnc(-c2ccc(Br)o2)o1. The molecule has 7 nitrogen and oxygen atoms in total. The summed E-state index contributed by atoms with van der Waals surface area (Å²) in [6, 6.07) is 8.83. The predicted molar refractivity (Wildman–Crippen MR) is 83.6 cm³/mol. The monoisotopic (exact) mass is 380 g/mol. The van der Waals surface area contributed by atoms with Crippen molar-refractivity contribution >= 4 is 15.9 Å². The van der Waals surface area contributed by atoms with Gasteiger partial charge in [0.05, 0.1) is 14.2 Å². The van der Waals surface area contributed by atoms with Gasteiger partial charge in [-0.1, -0.05) is 6.07 Å². The molecule has 120 valence electrons. The summed E-state index contributed by atoms with van der Waals surface area (Å²) < 4.78 is 27.7. The van der Waals surface area contributed by atoms with Gasteiger partial charge in [0.25, 0.3) is 11.8 Å². The maximum absolute atomic E-state index is 5.70. The highest BCUT2D eigenvalue weighted by atomic mass is 79.9. The van der Waals surface area contributed by atoms with E-state index >= 15 is 0 Å². The number of hydrogen-bond acceptors (Lipinski definition) is 7. The van der Waals surface area contributed by atoms with E-state index in [1.54, 1.807) is 38.5 Å². The van der Waals surface area contributed by atoms with Crippen molar-refractivity contribution in [3.63, 3.8) is 0 Å². The quantitative estimate of drug-likeness (QED) is 0.644. The molecule has 0 atom stereocenters. The molecule has 0 saturated carbocycles. The van der Waals surface area contributed by atoms with E-state index in [4.69, 9.17) is 23.0 Å².